The van der Waals surface area contributed by atoms with Gasteiger partial charge in [0.1, 0.15) is 29.7 Å². The van der Waals surface area contributed by atoms with Crippen molar-refractivity contribution in [1.29, 1.82) is 5.41 Å². The van der Waals surface area contributed by atoms with Crippen LogP contribution in [0.1, 0.15) is 6.42 Å². The first-order valence-electron chi connectivity index (χ1n) is 10.3. The summed E-state index contributed by atoms with van der Waals surface area (Å²) in [5.74, 6) is -0.528. The minimum atomic E-state index is -1.91. The van der Waals surface area contributed by atoms with Crippen LogP contribution in [0, 0.1) is 5.41 Å². The lowest BCUT2D eigenvalue weighted by atomic mass is 10.4. The van der Waals surface area contributed by atoms with Gasteiger partial charge in [-0.05, 0) is 36.4 Å². The summed E-state index contributed by atoms with van der Waals surface area (Å²) in [6.07, 6.45) is 1.63. The first-order valence-corrected chi connectivity index (χ1v) is 12.3. The predicted molar refractivity (Wildman–Crippen MR) is 130 cm³/mol. The number of hydrogen-bond donors (Lipinski definition) is 2. The normalized spacial score (nSPS) is 11.0. The van der Waals surface area contributed by atoms with Crippen molar-refractivity contribution < 1.29 is 9.53 Å². The van der Waals surface area contributed by atoms with Gasteiger partial charge in [0, 0.05) is 13.5 Å². The molecule has 0 saturated carbocycles. The number of rotatable bonds is 9. The van der Waals surface area contributed by atoms with Crippen molar-refractivity contribution in [3.8, 4) is 0 Å². The fourth-order valence-electron chi connectivity index (χ4n) is 3.69. The van der Waals surface area contributed by atoms with E-state index in [9.17, 15) is 4.79 Å². The molecule has 0 aliphatic rings. The van der Waals surface area contributed by atoms with E-state index in [0.717, 1.165) is 12.6 Å². The molecule has 0 bridgehead atoms. The quantitative estimate of drug-likeness (QED) is 0.178. The van der Waals surface area contributed by atoms with E-state index >= 15 is 0 Å². The van der Waals surface area contributed by atoms with Crippen molar-refractivity contribution in [2.75, 3.05) is 26.4 Å². The van der Waals surface area contributed by atoms with Crippen molar-refractivity contribution in [3.63, 3.8) is 0 Å². The molecule has 0 aliphatic carbocycles. The van der Waals surface area contributed by atoms with Gasteiger partial charge < -0.3 is 15.4 Å². The second-order valence-electron chi connectivity index (χ2n) is 7.36. The molecular weight excluding hydrogens is 405 g/mol. The lowest BCUT2D eigenvalue weighted by Gasteiger charge is -2.27. The van der Waals surface area contributed by atoms with Crippen molar-refractivity contribution in [2.45, 2.75) is 6.42 Å². The average molecular weight is 435 g/mol. The second-order valence-corrected chi connectivity index (χ2v) is 11.0. The summed E-state index contributed by atoms with van der Waals surface area (Å²) >= 11 is 0. The molecule has 160 valence electrons. The minimum absolute atomic E-state index is 0.0221. The molecule has 3 N–H and O–H groups in total. The molecule has 0 aliphatic heterocycles. The number of nitrogens with zero attached hydrogens (tertiary/aromatic N) is 1. The van der Waals surface area contributed by atoms with Crippen molar-refractivity contribution >= 4 is 35.1 Å². The van der Waals surface area contributed by atoms with Crippen LogP contribution in [0.15, 0.2) is 91.0 Å². The van der Waals surface area contributed by atoms with Gasteiger partial charge in [0.2, 0.25) is 0 Å². The number of likely N-dealkylation sites (N-methyl/N-ethyl adjacent to an activating group) is 1. The Morgan fingerprint density at radius 3 is 1.68 bits per heavy atom. The molecule has 0 saturated heterocycles. The predicted octanol–water partition coefficient (Wildman–Crippen LogP) is 2.74. The number of benzene rings is 3. The molecule has 0 unspecified atom stereocenters. The molecule has 0 aromatic heterocycles. The number of esters is 1. The molecule has 3 aromatic rings. The first-order chi connectivity index (χ1) is 15.0. The van der Waals surface area contributed by atoms with Gasteiger partial charge in [-0.3, -0.25) is 10.2 Å². The fraction of sp³-hybridized carbons (Fsp3) is 0.200. The maximum atomic E-state index is 12.1. The van der Waals surface area contributed by atoms with E-state index in [0.29, 0.717) is 6.61 Å². The number of guanidine groups is 1. The van der Waals surface area contributed by atoms with Crippen LogP contribution in [0.4, 0.5) is 0 Å². The Labute approximate surface area is 184 Å². The number of hydrogen-bond acceptors (Lipinski definition) is 3. The summed E-state index contributed by atoms with van der Waals surface area (Å²) in [6, 6.07) is 31.9. The zero-order chi connectivity index (χ0) is 22.1. The zero-order valence-electron chi connectivity index (χ0n) is 17.8. The molecular formula is C25H29N3O2P+. The van der Waals surface area contributed by atoms with Crippen molar-refractivity contribution in [3.05, 3.63) is 91.0 Å². The van der Waals surface area contributed by atoms with Gasteiger partial charge in [-0.15, -0.1) is 0 Å². The Bertz CT molecular complexity index is 885. The van der Waals surface area contributed by atoms with Crippen LogP contribution in [0.3, 0.4) is 0 Å². The Balaban J connectivity index is 1.87. The third-order valence-corrected chi connectivity index (χ3v) is 9.80. The summed E-state index contributed by atoms with van der Waals surface area (Å²) in [5, 5.41) is 11.3. The standard InChI is InChI=1S/C25H29N3O2P/c1-28(25(26)27)20-24(29)30-18-11-19-31(21-12-5-2-6-13-21,22-14-7-3-8-15-22)23-16-9-4-10-17-23/h2-10,12-17H,11,18-20H2,1H3,(H3,26,27)/q+1. The molecule has 0 atom stereocenters. The van der Waals surface area contributed by atoms with E-state index in [1.807, 2.05) is 18.2 Å². The van der Waals surface area contributed by atoms with Gasteiger partial charge >= 0.3 is 5.97 Å². The Morgan fingerprint density at radius 1 is 0.871 bits per heavy atom. The number of ether oxygens (including phenoxy) is 1. The van der Waals surface area contributed by atoms with Crippen LogP contribution in [0.5, 0.6) is 0 Å². The molecule has 3 aromatic carbocycles. The van der Waals surface area contributed by atoms with Gasteiger partial charge in [-0.25, -0.2) is 0 Å². The van der Waals surface area contributed by atoms with E-state index in [4.69, 9.17) is 15.9 Å². The topological polar surface area (TPSA) is 79.4 Å². The van der Waals surface area contributed by atoms with E-state index in [1.165, 1.54) is 20.8 Å². The Hall–Kier alpha value is -3.17. The Morgan fingerprint density at radius 2 is 1.29 bits per heavy atom. The molecule has 3 rings (SSSR count). The Kier molecular flexibility index (Phi) is 7.80. The van der Waals surface area contributed by atoms with Crippen LogP contribution in [0.25, 0.3) is 0 Å². The van der Waals surface area contributed by atoms with Crippen LogP contribution < -0.4 is 21.6 Å². The van der Waals surface area contributed by atoms with Crippen molar-refractivity contribution in [1.82, 2.24) is 4.90 Å². The molecule has 6 heteroatoms. The lowest BCUT2D eigenvalue weighted by molar-refractivity contribution is -0.143. The number of carbonyl (C=O) groups excluding carboxylic acids is 1. The van der Waals surface area contributed by atoms with Crippen LogP contribution in [0.2, 0.25) is 0 Å². The second kappa shape index (κ2) is 10.7. The van der Waals surface area contributed by atoms with E-state index in [1.54, 1.807) is 7.05 Å². The highest BCUT2D eigenvalue weighted by Gasteiger charge is 2.44. The van der Waals surface area contributed by atoms with Crippen LogP contribution in [-0.2, 0) is 9.53 Å². The summed E-state index contributed by atoms with van der Waals surface area (Å²) in [6.45, 7) is 0.310. The first kappa shape index (κ1) is 22.5. The van der Waals surface area contributed by atoms with E-state index < -0.39 is 7.26 Å². The summed E-state index contributed by atoms with van der Waals surface area (Å²) in [5.41, 5.74) is 5.40. The van der Waals surface area contributed by atoms with Gasteiger partial charge in [0.25, 0.3) is 0 Å². The SMILES string of the molecule is CN(CC(=O)OCCC[P+](c1ccccc1)(c1ccccc1)c1ccccc1)C(=N)N. The highest BCUT2D eigenvalue weighted by molar-refractivity contribution is 7.95. The summed E-state index contributed by atoms with van der Waals surface area (Å²) in [4.78, 5) is 13.4. The zero-order valence-corrected chi connectivity index (χ0v) is 18.7. The summed E-state index contributed by atoms with van der Waals surface area (Å²) < 4.78 is 5.45. The van der Waals surface area contributed by atoms with Crippen molar-refractivity contribution in [2.24, 2.45) is 5.73 Å². The highest BCUT2D eigenvalue weighted by atomic mass is 31.2. The molecule has 5 nitrogen and oxygen atoms in total. The van der Waals surface area contributed by atoms with Gasteiger partial charge in [-0.1, -0.05) is 54.6 Å². The maximum absolute atomic E-state index is 12.1. The van der Waals surface area contributed by atoms with Gasteiger partial charge in [-0.2, -0.15) is 0 Å². The molecule has 0 heterocycles. The van der Waals surface area contributed by atoms with E-state index in [-0.39, 0.29) is 18.5 Å². The number of nitrogens with one attached hydrogen (secondary N) is 1. The van der Waals surface area contributed by atoms with Gasteiger partial charge in [0.05, 0.1) is 12.8 Å². The van der Waals surface area contributed by atoms with Gasteiger partial charge in [0.15, 0.2) is 5.96 Å². The largest absolute Gasteiger partial charge is 0.464 e. The lowest BCUT2D eigenvalue weighted by Crippen LogP contribution is -2.37. The molecule has 31 heavy (non-hydrogen) atoms. The van der Waals surface area contributed by atoms with Crippen LogP contribution >= 0.6 is 7.26 Å². The molecule has 0 radical (unpaired) electrons. The number of nitrogens with two attached hydrogens (primary N) is 1. The smallest absolute Gasteiger partial charge is 0.325 e. The van der Waals surface area contributed by atoms with Crippen LogP contribution in [-0.4, -0.2) is 43.2 Å². The third-order valence-electron chi connectivity index (χ3n) is 5.27. The fourth-order valence-corrected chi connectivity index (χ4v) is 8.01. The highest BCUT2D eigenvalue weighted by Crippen LogP contribution is 2.55. The third kappa shape index (κ3) is 5.50. The maximum Gasteiger partial charge on any atom is 0.325 e. The minimum Gasteiger partial charge on any atom is -0.464 e. The molecule has 0 fully saturated rings. The monoisotopic (exact) mass is 434 g/mol. The average Bonchev–Trinajstić information content (AvgIpc) is 2.81. The van der Waals surface area contributed by atoms with E-state index in [2.05, 4.69) is 72.8 Å². The summed E-state index contributed by atoms with van der Waals surface area (Å²) in [7, 11) is -0.315. The molecule has 0 amide bonds. The number of carbonyl (C=O) groups is 1. The molecule has 0 spiro atoms.